The summed E-state index contributed by atoms with van der Waals surface area (Å²) >= 11 is 0. The van der Waals surface area contributed by atoms with Gasteiger partial charge in [-0.05, 0) is 6.42 Å². The van der Waals surface area contributed by atoms with Crippen LogP contribution in [0.2, 0.25) is 0 Å². The van der Waals surface area contributed by atoms with Gasteiger partial charge in [-0.3, -0.25) is 9.48 Å². The molecule has 1 aromatic heterocycles. The molecule has 0 aliphatic heterocycles. The summed E-state index contributed by atoms with van der Waals surface area (Å²) in [5.41, 5.74) is 5.78. The van der Waals surface area contributed by atoms with Crippen LogP contribution in [-0.2, 0) is 13.5 Å². The van der Waals surface area contributed by atoms with E-state index in [0.29, 0.717) is 17.7 Å². The molecule has 0 aromatic carbocycles. The molecule has 3 N–H and O–H groups in total. The van der Waals surface area contributed by atoms with Gasteiger partial charge in [-0.1, -0.05) is 6.92 Å². The second kappa shape index (κ2) is 5.22. The zero-order chi connectivity index (χ0) is 13.1. The number of rotatable bonds is 5. The molecule has 96 valence electrons. The van der Waals surface area contributed by atoms with Crippen molar-refractivity contribution in [1.29, 1.82) is 0 Å². The maximum absolute atomic E-state index is 12.9. The molecule has 17 heavy (non-hydrogen) atoms. The van der Waals surface area contributed by atoms with Crippen LogP contribution in [0.5, 0.6) is 0 Å². The van der Waals surface area contributed by atoms with E-state index in [-0.39, 0.29) is 0 Å². The van der Waals surface area contributed by atoms with Gasteiger partial charge in [0.25, 0.3) is 11.8 Å². The number of carbonyl (C=O) groups is 1. The van der Waals surface area contributed by atoms with Crippen molar-refractivity contribution in [3.8, 4) is 0 Å². The van der Waals surface area contributed by atoms with Gasteiger partial charge in [0.15, 0.2) is 0 Å². The zero-order valence-electron chi connectivity index (χ0n) is 9.83. The number of nitrogens with zero attached hydrogens (tertiary/aromatic N) is 2. The Labute approximate surface area is 98.0 Å². The van der Waals surface area contributed by atoms with Crippen LogP contribution in [-0.4, -0.2) is 34.7 Å². The van der Waals surface area contributed by atoms with E-state index in [1.54, 1.807) is 7.05 Å². The third kappa shape index (κ3) is 3.48. The Morgan fingerprint density at radius 1 is 1.65 bits per heavy atom. The SMILES string of the molecule is CCc1nn(C)cc1C(=O)NCC(F)(F)CN. The van der Waals surface area contributed by atoms with E-state index in [9.17, 15) is 13.6 Å². The molecule has 1 aromatic rings. The fraction of sp³-hybridized carbons (Fsp3) is 0.600. The number of amides is 1. The number of halogens is 2. The van der Waals surface area contributed by atoms with Crippen molar-refractivity contribution in [1.82, 2.24) is 15.1 Å². The predicted molar refractivity (Wildman–Crippen MR) is 58.9 cm³/mol. The lowest BCUT2D eigenvalue weighted by atomic mass is 10.2. The van der Waals surface area contributed by atoms with E-state index in [0.717, 1.165) is 0 Å². The number of aromatic nitrogens is 2. The molecule has 0 aliphatic rings. The molecule has 5 nitrogen and oxygen atoms in total. The van der Waals surface area contributed by atoms with E-state index < -0.39 is 24.9 Å². The zero-order valence-corrected chi connectivity index (χ0v) is 9.83. The van der Waals surface area contributed by atoms with E-state index in [4.69, 9.17) is 5.73 Å². The summed E-state index contributed by atoms with van der Waals surface area (Å²) in [6.07, 6.45) is 2.08. The van der Waals surface area contributed by atoms with Gasteiger partial charge >= 0.3 is 0 Å². The minimum Gasteiger partial charge on any atom is -0.346 e. The quantitative estimate of drug-likeness (QED) is 0.785. The van der Waals surface area contributed by atoms with Crippen LogP contribution in [0.15, 0.2) is 6.20 Å². The minimum absolute atomic E-state index is 0.322. The van der Waals surface area contributed by atoms with Gasteiger partial charge in [-0.25, -0.2) is 8.78 Å². The molecule has 0 fully saturated rings. The third-order valence-corrected chi connectivity index (χ3v) is 2.29. The average Bonchev–Trinajstić information content (AvgIpc) is 2.67. The van der Waals surface area contributed by atoms with Crippen LogP contribution in [0.25, 0.3) is 0 Å². The first-order valence-electron chi connectivity index (χ1n) is 5.28. The van der Waals surface area contributed by atoms with Crippen LogP contribution < -0.4 is 11.1 Å². The fourth-order valence-electron chi connectivity index (χ4n) is 1.36. The van der Waals surface area contributed by atoms with E-state index in [2.05, 4.69) is 10.4 Å². The summed E-state index contributed by atoms with van der Waals surface area (Å²) in [5, 5.41) is 6.21. The van der Waals surface area contributed by atoms with Gasteiger partial charge in [-0.15, -0.1) is 0 Å². The first-order valence-corrected chi connectivity index (χ1v) is 5.28. The highest BCUT2D eigenvalue weighted by Gasteiger charge is 2.28. The van der Waals surface area contributed by atoms with Gasteiger partial charge in [0.2, 0.25) is 0 Å². The predicted octanol–water partition coefficient (Wildman–Crippen LogP) is 0.306. The van der Waals surface area contributed by atoms with Gasteiger partial charge in [0.1, 0.15) is 0 Å². The molecule has 0 spiro atoms. The van der Waals surface area contributed by atoms with Crippen molar-refractivity contribution in [2.24, 2.45) is 12.8 Å². The van der Waals surface area contributed by atoms with Crippen LogP contribution in [0, 0.1) is 0 Å². The summed E-state index contributed by atoms with van der Waals surface area (Å²) < 4.78 is 27.2. The molecule has 0 saturated heterocycles. The molecular weight excluding hydrogens is 230 g/mol. The van der Waals surface area contributed by atoms with Crippen molar-refractivity contribution in [2.75, 3.05) is 13.1 Å². The van der Waals surface area contributed by atoms with Crippen LogP contribution in [0.4, 0.5) is 8.78 Å². The lowest BCUT2D eigenvalue weighted by molar-refractivity contribution is 0.0118. The van der Waals surface area contributed by atoms with Crippen molar-refractivity contribution in [2.45, 2.75) is 19.3 Å². The lowest BCUT2D eigenvalue weighted by Gasteiger charge is -2.14. The summed E-state index contributed by atoms with van der Waals surface area (Å²) in [5.74, 6) is -3.63. The second-order valence-electron chi connectivity index (χ2n) is 3.76. The molecule has 0 unspecified atom stereocenters. The number of nitrogens with two attached hydrogens (primary N) is 1. The third-order valence-electron chi connectivity index (χ3n) is 2.29. The summed E-state index contributed by atoms with van der Waals surface area (Å²) in [6, 6.07) is 0. The Balaban J connectivity index is 2.70. The van der Waals surface area contributed by atoms with E-state index in [1.807, 2.05) is 6.92 Å². The summed E-state index contributed by atoms with van der Waals surface area (Å²) in [4.78, 5) is 11.7. The number of carbonyl (C=O) groups excluding carboxylic acids is 1. The maximum Gasteiger partial charge on any atom is 0.277 e. The monoisotopic (exact) mass is 246 g/mol. The highest BCUT2D eigenvalue weighted by atomic mass is 19.3. The van der Waals surface area contributed by atoms with Crippen LogP contribution in [0.3, 0.4) is 0 Å². The maximum atomic E-state index is 12.9. The largest absolute Gasteiger partial charge is 0.346 e. The summed E-state index contributed by atoms with van der Waals surface area (Å²) in [6.45, 7) is 0.287. The molecular formula is C10H16F2N4O. The lowest BCUT2D eigenvalue weighted by Crippen LogP contribution is -2.41. The van der Waals surface area contributed by atoms with Crippen LogP contribution >= 0.6 is 0 Å². The molecule has 1 amide bonds. The number of hydrogen-bond acceptors (Lipinski definition) is 3. The van der Waals surface area contributed by atoms with Crippen LogP contribution in [0.1, 0.15) is 23.0 Å². The first kappa shape index (κ1) is 13.6. The molecule has 0 radical (unpaired) electrons. The standard InChI is InChI=1S/C10H16F2N4O/c1-3-8-7(4-16(2)15-8)9(17)14-6-10(11,12)5-13/h4H,3,5-6,13H2,1-2H3,(H,14,17). The second-order valence-corrected chi connectivity index (χ2v) is 3.76. The van der Waals surface area contributed by atoms with Gasteiger partial charge in [0, 0.05) is 13.2 Å². The molecule has 1 rings (SSSR count). The van der Waals surface area contributed by atoms with Crippen molar-refractivity contribution >= 4 is 5.91 Å². The van der Waals surface area contributed by atoms with Gasteiger partial charge in [0.05, 0.1) is 24.3 Å². The number of aryl methyl sites for hydroxylation is 2. The number of hydrogen-bond donors (Lipinski definition) is 2. The molecule has 7 heteroatoms. The Kier molecular flexibility index (Phi) is 4.17. The normalized spacial score (nSPS) is 11.6. The van der Waals surface area contributed by atoms with Gasteiger partial charge in [-0.2, -0.15) is 5.10 Å². The Morgan fingerprint density at radius 2 is 2.29 bits per heavy atom. The first-order chi connectivity index (χ1) is 7.89. The van der Waals surface area contributed by atoms with Crippen molar-refractivity contribution in [3.05, 3.63) is 17.5 Å². The number of nitrogens with one attached hydrogen (secondary N) is 1. The highest BCUT2D eigenvalue weighted by Crippen LogP contribution is 2.11. The number of alkyl halides is 2. The smallest absolute Gasteiger partial charge is 0.277 e. The molecule has 0 aliphatic carbocycles. The van der Waals surface area contributed by atoms with Crippen molar-refractivity contribution in [3.63, 3.8) is 0 Å². The molecule has 0 saturated carbocycles. The van der Waals surface area contributed by atoms with E-state index >= 15 is 0 Å². The summed E-state index contributed by atoms with van der Waals surface area (Å²) in [7, 11) is 1.67. The fourth-order valence-corrected chi connectivity index (χ4v) is 1.36. The Hall–Kier alpha value is -1.50. The minimum atomic E-state index is -3.08. The average molecular weight is 246 g/mol. The molecule has 1 heterocycles. The molecule has 0 bridgehead atoms. The Morgan fingerprint density at radius 3 is 2.82 bits per heavy atom. The Bertz CT molecular complexity index is 403. The topological polar surface area (TPSA) is 72.9 Å². The van der Waals surface area contributed by atoms with Crippen molar-refractivity contribution < 1.29 is 13.6 Å². The van der Waals surface area contributed by atoms with Gasteiger partial charge < -0.3 is 11.1 Å². The molecule has 0 atom stereocenters. The van der Waals surface area contributed by atoms with E-state index in [1.165, 1.54) is 10.9 Å². The highest BCUT2D eigenvalue weighted by molar-refractivity contribution is 5.95.